The van der Waals surface area contributed by atoms with Gasteiger partial charge in [0.2, 0.25) is 0 Å². The predicted molar refractivity (Wildman–Crippen MR) is 77.2 cm³/mol. The summed E-state index contributed by atoms with van der Waals surface area (Å²) in [5, 5.41) is 16.5. The van der Waals surface area contributed by atoms with Crippen LogP contribution in [-0.2, 0) is 29.1 Å². The number of carboxylic acids is 2. The SMILES string of the molecule is CSCC[C@@H](N)C(=O)O.CSCC[C@@H](N)C(=O)O.[Zn]. The predicted octanol–water partition coefficient (Wildman–Crippen LogP) is 0.300. The molecule has 0 amide bonds. The Morgan fingerprint density at radius 3 is 1.37 bits per heavy atom. The first kappa shape index (κ1) is 24.2. The third kappa shape index (κ3) is 18.2. The zero-order valence-corrected chi connectivity index (χ0v) is 16.0. The molecule has 0 unspecified atom stereocenters. The summed E-state index contributed by atoms with van der Waals surface area (Å²) in [4.78, 5) is 20.1. The zero-order valence-electron chi connectivity index (χ0n) is 11.4. The van der Waals surface area contributed by atoms with Crippen LogP contribution < -0.4 is 11.5 Å². The molecule has 0 aliphatic carbocycles. The van der Waals surface area contributed by atoms with Crippen molar-refractivity contribution in [2.75, 3.05) is 24.0 Å². The Morgan fingerprint density at radius 2 is 1.21 bits per heavy atom. The second-order valence-electron chi connectivity index (χ2n) is 3.45. The second-order valence-corrected chi connectivity index (χ2v) is 5.42. The Kier molecular flexibility index (Phi) is 20.7. The number of thioether (sulfide) groups is 2. The molecule has 0 heterocycles. The normalized spacial score (nSPS) is 12.4. The monoisotopic (exact) mass is 362 g/mol. The topological polar surface area (TPSA) is 127 Å². The molecule has 0 saturated heterocycles. The average molecular weight is 364 g/mol. The summed E-state index contributed by atoms with van der Waals surface area (Å²) >= 11 is 3.21. The van der Waals surface area contributed by atoms with Crippen LogP contribution >= 0.6 is 23.5 Å². The largest absolute Gasteiger partial charge is 0.480 e. The van der Waals surface area contributed by atoms with Gasteiger partial charge in [-0.1, -0.05) is 0 Å². The van der Waals surface area contributed by atoms with Crippen molar-refractivity contribution < 1.29 is 39.3 Å². The summed E-state index contributed by atoms with van der Waals surface area (Å²) in [6, 6.07) is -1.37. The summed E-state index contributed by atoms with van der Waals surface area (Å²) in [5.74, 6) is -0.200. The first-order chi connectivity index (χ1) is 8.36. The summed E-state index contributed by atoms with van der Waals surface area (Å²) in [6.07, 6.45) is 4.95. The van der Waals surface area contributed by atoms with E-state index in [1.165, 1.54) is 0 Å². The van der Waals surface area contributed by atoms with E-state index in [9.17, 15) is 9.59 Å². The van der Waals surface area contributed by atoms with Crippen molar-refractivity contribution in [3.8, 4) is 0 Å². The van der Waals surface area contributed by atoms with E-state index in [0.717, 1.165) is 11.5 Å². The fraction of sp³-hybridized carbons (Fsp3) is 0.800. The molecule has 0 spiro atoms. The number of nitrogens with two attached hydrogens (primary N) is 2. The van der Waals surface area contributed by atoms with E-state index < -0.39 is 24.0 Å². The molecule has 0 fully saturated rings. The Morgan fingerprint density at radius 1 is 0.947 bits per heavy atom. The number of carboxylic acid groups (broad SMARTS) is 2. The maximum atomic E-state index is 10.1. The molecule has 9 heteroatoms. The van der Waals surface area contributed by atoms with E-state index in [0.29, 0.717) is 12.8 Å². The minimum atomic E-state index is -0.913. The van der Waals surface area contributed by atoms with Gasteiger partial charge in [0, 0.05) is 19.5 Å². The van der Waals surface area contributed by atoms with E-state index in [-0.39, 0.29) is 19.5 Å². The number of hydrogen-bond acceptors (Lipinski definition) is 6. The average Bonchev–Trinajstić information content (AvgIpc) is 2.33. The van der Waals surface area contributed by atoms with Gasteiger partial charge in [0.15, 0.2) is 0 Å². The number of aliphatic carboxylic acids is 2. The van der Waals surface area contributed by atoms with Gasteiger partial charge >= 0.3 is 11.9 Å². The van der Waals surface area contributed by atoms with E-state index in [2.05, 4.69) is 0 Å². The molecule has 0 aliphatic heterocycles. The van der Waals surface area contributed by atoms with Gasteiger partial charge in [-0.2, -0.15) is 23.5 Å². The fourth-order valence-corrected chi connectivity index (χ4v) is 1.72. The first-order valence-electron chi connectivity index (χ1n) is 5.31. The summed E-state index contributed by atoms with van der Waals surface area (Å²) in [7, 11) is 0. The molecule has 6 nitrogen and oxygen atoms in total. The first-order valence-corrected chi connectivity index (χ1v) is 8.10. The molecular formula is C10H22N2O4S2Zn. The quantitative estimate of drug-likeness (QED) is 0.453. The standard InChI is InChI=1S/2C5H11NO2S.Zn/c2*1-9-3-2-4(6)5(7)8;/h2*4H,2-3,6H2,1H3,(H,7,8);/t2*4-;/m11./s1. The molecule has 0 aliphatic rings. The van der Waals surface area contributed by atoms with Crippen LogP contribution in [0, 0.1) is 0 Å². The van der Waals surface area contributed by atoms with Crippen LogP contribution in [0.3, 0.4) is 0 Å². The van der Waals surface area contributed by atoms with E-state index in [1.54, 1.807) is 23.5 Å². The Balaban J connectivity index is -0.000000256. The molecule has 0 aromatic rings. The van der Waals surface area contributed by atoms with Crippen LogP contribution in [0.15, 0.2) is 0 Å². The van der Waals surface area contributed by atoms with Crippen LogP contribution in [-0.4, -0.2) is 58.3 Å². The Labute approximate surface area is 135 Å². The molecule has 19 heavy (non-hydrogen) atoms. The summed E-state index contributed by atoms with van der Waals surface area (Å²) < 4.78 is 0. The van der Waals surface area contributed by atoms with E-state index >= 15 is 0 Å². The second kappa shape index (κ2) is 16.2. The van der Waals surface area contributed by atoms with Crippen molar-refractivity contribution in [1.82, 2.24) is 0 Å². The number of carbonyl (C=O) groups is 2. The van der Waals surface area contributed by atoms with Gasteiger partial charge in [0.05, 0.1) is 0 Å². The molecule has 2 atom stereocenters. The summed E-state index contributed by atoms with van der Waals surface area (Å²) in [5.41, 5.74) is 10.4. The van der Waals surface area contributed by atoms with Crippen molar-refractivity contribution in [2.45, 2.75) is 24.9 Å². The van der Waals surface area contributed by atoms with E-state index in [4.69, 9.17) is 21.7 Å². The molecule has 0 radical (unpaired) electrons. The van der Waals surface area contributed by atoms with Crippen molar-refractivity contribution in [3.63, 3.8) is 0 Å². The minimum Gasteiger partial charge on any atom is -0.480 e. The third-order valence-electron chi connectivity index (χ3n) is 1.90. The van der Waals surface area contributed by atoms with Crippen LogP contribution in [0.5, 0.6) is 0 Å². The minimum absolute atomic E-state index is 0. The van der Waals surface area contributed by atoms with Crippen molar-refractivity contribution in [2.24, 2.45) is 11.5 Å². The fourth-order valence-electron chi connectivity index (χ4n) is 0.737. The molecule has 110 valence electrons. The molecular weight excluding hydrogens is 342 g/mol. The van der Waals surface area contributed by atoms with Crippen LogP contribution in [0.2, 0.25) is 0 Å². The van der Waals surface area contributed by atoms with Gasteiger partial charge in [-0.25, -0.2) is 0 Å². The molecule has 0 bridgehead atoms. The van der Waals surface area contributed by atoms with E-state index in [1.807, 2.05) is 12.5 Å². The summed E-state index contributed by atoms with van der Waals surface area (Å²) in [6.45, 7) is 0. The molecule has 6 N–H and O–H groups in total. The van der Waals surface area contributed by atoms with Crippen LogP contribution in [0.1, 0.15) is 12.8 Å². The molecule has 0 saturated carbocycles. The molecule has 0 aromatic carbocycles. The smallest absolute Gasteiger partial charge is 0.320 e. The van der Waals surface area contributed by atoms with Crippen molar-refractivity contribution in [3.05, 3.63) is 0 Å². The van der Waals surface area contributed by atoms with Crippen LogP contribution in [0.4, 0.5) is 0 Å². The maximum Gasteiger partial charge on any atom is 0.320 e. The van der Waals surface area contributed by atoms with Crippen molar-refractivity contribution in [1.29, 1.82) is 0 Å². The van der Waals surface area contributed by atoms with Gasteiger partial charge in [-0.05, 0) is 36.9 Å². The Hall–Kier alpha value is 0.183. The number of hydrogen-bond donors (Lipinski definition) is 4. The van der Waals surface area contributed by atoms with Gasteiger partial charge in [0.25, 0.3) is 0 Å². The Bertz CT molecular complexity index is 224. The third-order valence-corrected chi connectivity index (χ3v) is 3.19. The zero-order chi connectivity index (χ0) is 14.6. The van der Waals surface area contributed by atoms with Gasteiger partial charge < -0.3 is 21.7 Å². The molecule has 0 rings (SSSR count). The number of rotatable bonds is 8. The van der Waals surface area contributed by atoms with Gasteiger partial charge in [-0.3, -0.25) is 9.59 Å². The molecule has 0 aromatic heterocycles. The van der Waals surface area contributed by atoms with Crippen molar-refractivity contribution >= 4 is 35.5 Å². The van der Waals surface area contributed by atoms with Gasteiger partial charge in [0.1, 0.15) is 12.1 Å². The van der Waals surface area contributed by atoms with Crippen LogP contribution in [0.25, 0.3) is 0 Å². The van der Waals surface area contributed by atoms with Gasteiger partial charge in [-0.15, -0.1) is 0 Å². The maximum absolute atomic E-state index is 10.1.